The molecule has 2 aromatic rings. The molecular formula is C14H17NOS. The number of rotatable bonds is 3. The molecule has 3 heteroatoms. The molecule has 1 N–H and O–H groups in total. The van der Waals surface area contributed by atoms with E-state index >= 15 is 0 Å². The summed E-state index contributed by atoms with van der Waals surface area (Å²) in [5, 5.41) is 12.8. The second-order valence-corrected chi connectivity index (χ2v) is 5.39. The van der Waals surface area contributed by atoms with Gasteiger partial charge in [0.1, 0.15) is 11.1 Å². The van der Waals surface area contributed by atoms with Crippen LogP contribution < -0.4 is 0 Å². The zero-order valence-corrected chi connectivity index (χ0v) is 11.2. The molecule has 0 saturated carbocycles. The lowest BCUT2D eigenvalue weighted by molar-refractivity contribution is 0.177. The molecule has 1 unspecified atom stereocenters. The van der Waals surface area contributed by atoms with Crippen LogP contribution in [0.4, 0.5) is 0 Å². The number of aliphatic hydroxyl groups excluding tert-OH is 1. The third kappa shape index (κ3) is 2.73. The molecule has 90 valence electrons. The first kappa shape index (κ1) is 12.3. The lowest BCUT2D eigenvalue weighted by Gasteiger charge is -2.14. The molecule has 0 aliphatic carbocycles. The molecule has 17 heavy (non-hydrogen) atoms. The van der Waals surface area contributed by atoms with Crippen molar-refractivity contribution in [2.45, 2.75) is 33.3 Å². The monoisotopic (exact) mass is 247 g/mol. The predicted molar refractivity (Wildman–Crippen MR) is 71.4 cm³/mol. The minimum Gasteiger partial charge on any atom is -0.386 e. The van der Waals surface area contributed by atoms with Gasteiger partial charge in [-0.25, -0.2) is 4.98 Å². The normalized spacial score (nSPS) is 12.7. The molecule has 0 amide bonds. The Bertz CT molecular complexity index is 482. The average Bonchev–Trinajstić information content (AvgIpc) is 2.76. The van der Waals surface area contributed by atoms with Crippen molar-refractivity contribution in [2.75, 3.05) is 0 Å². The smallest absolute Gasteiger partial charge is 0.121 e. The lowest BCUT2D eigenvalue weighted by Crippen LogP contribution is -2.05. The Labute approximate surface area is 106 Å². The Hall–Kier alpha value is -1.19. The van der Waals surface area contributed by atoms with Crippen molar-refractivity contribution >= 4 is 11.3 Å². The van der Waals surface area contributed by atoms with E-state index in [4.69, 9.17) is 0 Å². The summed E-state index contributed by atoms with van der Waals surface area (Å²) in [6.07, 6.45) is 1.89. The molecule has 2 rings (SSSR count). The predicted octanol–water partition coefficient (Wildman–Crippen LogP) is 3.34. The first-order valence-electron chi connectivity index (χ1n) is 5.72. The molecule has 0 aliphatic heterocycles. The Morgan fingerprint density at radius 2 is 1.88 bits per heavy atom. The van der Waals surface area contributed by atoms with Crippen LogP contribution in [-0.4, -0.2) is 10.1 Å². The van der Waals surface area contributed by atoms with E-state index in [0.717, 1.165) is 5.01 Å². The number of aryl methyl sites for hydroxylation is 3. The van der Waals surface area contributed by atoms with E-state index in [-0.39, 0.29) is 0 Å². The van der Waals surface area contributed by atoms with Gasteiger partial charge in [0.2, 0.25) is 0 Å². The van der Waals surface area contributed by atoms with Crippen LogP contribution in [0.3, 0.4) is 0 Å². The molecule has 0 fully saturated rings. The van der Waals surface area contributed by atoms with E-state index in [1.165, 1.54) is 33.6 Å². The summed E-state index contributed by atoms with van der Waals surface area (Å²) in [7, 11) is 0. The number of thiazole rings is 1. The lowest BCUT2D eigenvalue weighted by atomic mass is 9.95. The van der Waals surface area contributed by atoms with Crippen LogP contribution >= 0.6 is 11.3 Å². The quantitative estimate of drug-likeness (QED) is 0.902. The van der Waals surface area contributed by atoms with E-state index in [2.05, 4.69) is 37.9 Å². The highest BCUT2D eigenvalue weighted by Crippen LogP contribution is 2.24. The standard InChI is InChI=1S/C14H17NOS/c1-9-6-10(2)12(11(3)7-9)8-13(16)14-15-4-5-17-14/h4-7,13,16H,8H2,1-3H3. The molecule has 0 radical (unpaired) electrons. The molecule has 0 aliphatic rings. The van der Waals surface area contributed by atoms with Gasteiger partial charge in [0.25, 0.3) is 0 Å². The largest absolute Gasteiger partial charge is 0.386 e. The fraction of sp³-hybridized carbons (Fsp3) is 0.357. The summed E-state index contributed by atoms with van der Waals surface area (Å²) in [5.74, 6) is 0. The SMILES string of the molecule is Cc1cc(C)c(CC(O)c2nccs2)c(C)c1. The highest BCUT2D eigenvalue weighted by molar-refractivity contribution is 7.09. The minimum atomic E-state index is -0.491. The van der Waals surface area contributed by atoms with E-state index in [1.54, 1.807) is 6.20 Å². The first-order valence-corrected chi connectivity index (χ1v) is 6.60. The van der Waals surface area contributed by atoms with Crippen molar-refractivity contribution in [3.05, 3.63) is 51.0 Å². The number of nitrogens with zero attached hydrogens (tertiary/aromatic N) is 1. The van der Waals surface area contributed by atoms with Crippen molar-refractivity contribution < 1.29 is 5.11 Å². The number of aliphatic hydroxyl groups is 1. The van der Waals surface area contributed by atoms with Crippen molar-refractivity contribution in [3.63, 3.8) is 0 Å². The van der Waals surface area contributed by atoms with Crippen molar-refractivity contribution in [2.24, 2.45) is 0 Å². The summed E-state index contributed by atoms with van der Waals surface area (Å²) in [6.45, 7) is 6.30. The van der Waals surface area contributed by atoms with Crippen molar-refractivity contribution in [1.82, 2.24) is 4.98 Å². The maximum Gasteiger partial charge on any atom is 0.121 e. The summed E-state index contributed by atoms with van der Waals surface area (Å²) in [6, 6.07) is 4.33. The van der Waals surface area contributed by atoms with E-state index in [1.807, 2.05) is 5.38 Å². The van der Waals surface area contributed by atoms with Crippen LogP contribution in [0.5, 0.6) is 0 Å². The van der Waals surface area contributed by atoms with Crippen LogP contribution in [0.25, 0.3) is 0 Å². The average molecular weight is 247 g/mol. The number of aromatic nitrogens is 1. The fourth-order valence-corrected chi connectivity index (χ4v) is 2.83. The van der Waals surface area contributed by atoms with Gasteiger partial charge in [0, 0.05) is 18.0 Å². The zero-order valence-electron chi connectivity index (χ0n) is 10.4. The summed E-state index contributed by atoms with van der Waals surface area (Å²) < 4.78 is 0. The van der Waals surface area contributed by atoms with Gasteiger partial charge in [-0.1, -0.05) is 17.7 Å². The van der Waals surface area contributed by atoms with Gasteiger partial charge in [0.15, 0.2) is 0 Å². The van der Waals surface area contributed by atoms with Crippen LogP contribution in [0.1, 0.15) is 33.4 Å². The Morgan fingerprint density at radius 3 is 2.41 bits per heavy atom. The Morgan fingerprint density at radius 1 is 1.24 bits per heavy atom. The van der Waals surface area contributed by atoms with Gasteiger partial charge in [-0.15, -0.1) is 11.3 Å². The molecule has 0 spiro atoms. The van der Waals surface area contributed by atoms with Gasteiger partial charge in [-0.2, -0.15) is 0 Å². The molecule has 0 saturated heterocycles. The van der Waals surface area contributed by atoms with E-state index < -0.39 is 6.10 Å². The molecular weight excluding hydrogens is 230 g/mol. The molecule has 1 heterocycles. The Balaban J connectivity index is 2.25. The highest BCUT2D eigenvalue weighted by Gasteiger charge is 2.14. The Kier molecular flexibility index (Phi) is 3.60. The van der Waals surface area contributed by atoms with Gasteiger partial charge in [0.05, 0.1) is 0 Å². The summed E-state index contributed by atoms with van der Waals surface area (Å²) in [4.78, 5) is 4.16. The summed E-state index contributed by atoms with van der Waals surface area (Å²) in [5.41, 5.74) is 5.00. The third-order valence-electron chi connectivity index (χ3n) is 2.97. The topological polar surface area (TPSA) is 33.1 Å². The molecule has 1 aromatic heterocycles. The second kappa shape index (κ2) is 4.98. The molecule has 2 nitrogen and oxygen atoms in total. The van der Waals surface area contributed by atoms with Gasteiger partial charge >= 0.3 is 0 Å². The number of hydrogen-bond acceptors (Lipinski definition) is 3. The van der Waals surface area contributed by atoms with Crippen molar-refractivity contribution in [1.29, 1.82) is 0 Å². The van der Waals surface area contributed by atoms with Gasteiger partial charge < -0.3 is 5.11 Å². The number of benzene rings is 1. The van der Waals surface area contributed by atoms with Crippen LogP contribution in [-0.2, 0) is 6.42 Å². The van der Waals surface area contributed by atoms with Crippen LogP contribution in [0.2, 0.25) is 0 Å². The van der Waals surface area contributed by atoms with E-state index in [9.17, 15) is 5.11 Å². The van der Waals surface area contributed by atoms with Crippen molar-refractivity contribution in [3.8, 4) is 0 Å². The third-order valence-corrected chi connectivity index (χ3v) is 3.85. The van der Waals surface area contributed by atoms with Gasteiger partial charge in [-0.3, -0.25) is 0 Å². The van der Waals surface area contributed by atoms with E-state index in [0.29, 0.717) is 6.42 Å². The highest BCUT2D eigenvalue weighted by atomic mass is 32.1. The maximum absolute atomic E-state index is 10.1. The molecule has 1 atom stereocenters. The molecule has 1 aromatic carbocycles. The molecule has 0 bridgehead atoms. The van der Waals surface area contributed by atoms with Gasteiger partial charge in [-0.05, 0) is 37.5 Å². The summed E-state index contributed by atoms with van der Waals surface area (Å²) >= 11 is 1.50. The minimum absolute atomic E-state index is 0.491. The van der Waals surface area contributed by atoms with Crippen LogP contribution in [0, 0.1) is 20.8 Å². The zero-order chi connectivity index (χ0) is 12.4. The fourth-order valence-electron chi connectivity index (χ4n) is 2.21. The second-order valence-electron chi connectivity index (χ2n) is 4.47. The van der Waals surface area contributed by atoms with Crippen LogP contribution in [0.15, 0.2) is 23.7 Å². The number of hydrogen-bond donors (Lipinski definition) is 1. The maximum atomic E-state index is 10.1. The first-order chi connectivity index (χ1) is 8.08.